The topological polar surface area (TPSA) is 20.3 Å². The molecular weight excluding hydrogens is 352 g/mol. The maximum absolute atomic E-state index is 13.6. The number of benzene rings is 2. The normalized spacial score (nSPS) is 10.9. The van der Waals surface area contributed by atoms with Crippen molar-refractivity contribution < 1.29 is 13.6 Å². The van der Waals surface area contributed by atoms with Gasteiger partial charge in [0.15, 0.2) is 0 Å². The Morgan fingerprint density at radius 2 is 1.91 bits per heavy atom. The molecule has 0 aliphatic carbocycles. The number of carbonyl (C=O) groups is 1. The summed E-state index contributed by atoms with van der Waals surface area (Å²) < 4.78 is 27.8. The van der Waals surface area contributed by atoms with Gasteiger partial charge in [-0.1, -0.05) is 34.1 Å². The molecule has 0 atom stereocenters. The molecule has 0 bridgehead atoms. The molecule has 0 spiro atoms. The highest BCUT2D eigenvalue weighted by Gasteiger charge is 2.09. The molecule has 0 saturated carbocycles. The fourth-order valence-electron chi connectivity index (χ4n) is 1.89. The number of rotatable bonds is 4. The van der Waals surface area contributed by atoms with E-state index in [9.17, 15) is 13.6 Å². The Labute approximate surface area is 136 Å². The smallest absolute Gasteiger partial charge is 0.246 e. The minimum Gasteiger partial charge on any atom is -0.338 e. The number of carbonyl (C=O) groups excluding carboxylic acids is 1. The second-order valence-electron chi connectivity index (χ2n) is 4.78. The summed E-state index contributed by atoms with van der Waals surface area (Å²) in [6.07, 6.45) is 2.67. The van der Waals surface area contributed by atoms with Gasteiger partial charge in [0.05, 0.1) is 0 Å². The fraction of sp³-hybridized carbons (Fsp3) is 0.118. The predicted molar refractivity (Wildman–Crippen MR) is 86.0 cm³/mol. The average Bonchev–Trinajstić information content (AvgIpc) is 2.50. The highest BCUT2D eigenvalue weighted by atomic mass is 79.9. The second-order valence-corrected chi connectivity index (χ2v) is 5.70. The Kier molecular flexibility index (Phi) is 5.44. The Morgan fingerprint density at radius 1 is 1.18 bits per heavy atom. The standard InChI is InChI=1S/C17H14BrF2NO/c1-21(11-13-4-2-3-5-15(13)19)17(22)9-6-12-10-14(18)7-8-16(12)20/h2-10H,11H2,1H3/b9-6+. The highest BCUT2D eigenvalue weighted by molar-refractivity contribution is 9.10. The molecule has 114 valence electrons. The summed E-state index contributed by atoms with van der Waals surface area (Å²) in [6, 6.07) is 10.8. The van der Waals surface area contributed by atoms with Crippen molar-refractivity contribution in [1.82, 2.24) is 4.90 Å². The van der Waals surface area contributed by atoms with Gasteiger partial charge < -0.3 is 4.90 Å². The van der Waals surface area contributed by atoms with Crippen molar-refractivity contribution in [2.45, 2.75) is 6.54 Å². The van der Waals surface area contributed by atoms with E-state index in [1.807, 2.05) is 0 Å². The van der Waals surface area contributed by atoms with E-state index in [-0.39, 0.29) is 18.3 Å². The Morgan fingerprint density at radius 3 is 2.64 bits per heavy atom. The van der Waals surface area contributed by atoms with E-state index in [0.29, 0.717) is 11.1 Å². The van der Waals surface area contributed by atoms with Gasteiger partial charge in [0.25, 0.3) is 0 Å². The Balaban J connectivity index is 2.07. The molecule has 2 nitrogen and oxygen atoms in total. The van der Waals surface area contributed by atoms with Gasteiger partial charge >= 0.3 is 0 Å². The first-order valence-electron chi connectivity index (χ1n) is 6.59. The number of hydrogen-bond acceptors (Lipinski definition) is 1. The summed E-state index contributed by atoms with van der Waals surface area (Å²) in [5.74, 6) is -1.10. The zero-order valence-electron chi connectivity index (χ0n) is 11.9. The van der Waals surface area contributed by atoms with Crippen LogP contribution in [0.4, 0.5) is 8.78 Å². The minimum absolute atomic E-state index is 0.150. The van der Waals surface area contributed by atoms with Crippen LogP contribution in [0.25, 0.3) is 6.08 Å². The number of nitrogens with zero attached hydrogens (tertiary/aromatic N) is 1. The van der Waals surface area contributed by atoms with Gasteiger partial charge in [0.2, 0.25) is 5.91 Å². The van der Waals surface area contributed by atoms with Gasteiger partial charge in [-0.3, -0.25) is 4.79 Å². The number of hydrogen-bond donors (Lipinski definition) is 0. The molecule has 2 aromatic carbocycles. The van der Waals surface area contributed by atoms with Gasteiger partial charge in [-0.2, -0.15) is 0 Å². The van der Waals surface area contributed by atoms with Gasteiger partial charge in [-0.15, -0.1) is 0 Å². The van der Waals surface area contributed by atoms with Crippen molar-refractivity contribution >= 4 is 27.9 Å². The molecule has 0 radical (unpaired) electrons. The maximum atomic E-state index is 13.6. The van der Waals surface area contributed by atoms with Crippen LogP contribution in [0.3, 0.4) is 0 Å². The van der Waals surface area contributed by atoms with Crippen molar-refractivity contribution in [2.75, 3.05) is 7.05 Å². The van der Waals surface area contributed by atoms with Crippen LogP contribution in [0.2, 0.25) is 0 Å². The third-order valence-electron chi connectivity index (χ3n) is 3.11. The monoisotopic (exact) mass is 365 g/mol. The van der Waals surface area contributed by atoms with E-state index >= 15 is 0 Å². The van der Waals surface area contributed by atoms with E-state index in [4.69, 9.17) is 0 Å². The second kappa shape index (κ2) is 7.31. The first-order chi connectivity index (χ1) is 10.5. The van der Waals surface area contributed by atoms with Crippen molar-refractivity contribution in [1.29, 1.82) is 0 Å². The number of amides is 1. The molecule has 0 saturated heterocycles. The van der Waals surface area contributed by atoms with E-state index in [1.165, 1.54) is 29.2 Å². The molecule has 0 aliphatic heterocycles. The Hall–Kier alpha value is -2.01. The number of likely N-dealkylation sites (N-methyl/N-ethyl adjacent to an activating group) is 1. The SMILES string of the molecule is CN(Cc1ccccc1F)C(=O)/C=C/c1cc(Br)ccc1F. The summed E-state index contributed by atoms with van der Waals surface area (Å²) in [7, 11) is 1.57. The molecule has 0 heterocycles. The highest BCUT2D eigenvalue weighted by Crippen LogP contribution is 2.17. The molecule has 0 N–H and O–H groups in total. The zero-order chi connectivity index (χ0) is 16.1. The molecule has 0 fully saturated rings. The third kappa shape index (κ3) is 4.24. The van der Waals surface area contributed by atoms with Crippen molar-refractivity contribution in [3.8, 4) is 0 Å². The molecule has 2 aromatic rings. The molecule has 1 amide bonds. The first kappa shape index (κ1) is 16.4. The van der Waals surface area contributed by atoms with Gasteiger partial charge in [-0.05, 0) is 30.3 Å². The van der Waals surface area contributed by atoms with Crippen LogP contribution in [0.1, 0.15) is 11.1 Å². The van der Waals surface area contributed by atoms with Crippen molar-refractivity contribution in [3.63, 3.8) is 0 Å². The molecule has 0 unspecified atom stereocenters. The van der Waals surface area contributed by atoms with E-state index < -0.39 is 5.82 Å². The lowest BCUT2D eigenvalue weighted by Crippen LogP contribution is -2.24. The lowest BCUT2D eigenvalue weighted by Gasteiger charge is -2.15. The van der Waals surface area contributed by atoms with Crippen LogP contribution < -0.4 is 0 Å². The average molecular weight is 366 g/mol. The van der Waals surface area contributed by atoms with Crippen LogP contribution in [0.5, 0.6) is 0 Å². The van der Waals surface area contributed by atoms with Crippen LogP contribution in [0, 0.1) is 11.6 Å². The number of halogens is 3. The van der Waals surface area contributed by atoms with E-state index in [0.717, 1.165) is 4.47 Å². The summed E-state index contributed by atoms with van der Waals surface area (Å²) in [5, 5.41) is 0. The van der Waals surface area contributed by atoms with Crippen LogP contribution in [0.15, 0.2) is 53.0 Å². The lowest BCUT2D eigenvalue weighted by atomic mass is 10.2. The maximum Gasteiger partial charge on any atom is 0.246 e. The van der Waals surface area contributed by atoms with Crippen LogP contribution in [-0.4, -0.2) is 17.9 Å². The van der Waals surface area contributed by atoms with E-state index in [1.54, 1.807) is 37.4 Å². The lowest BCUT2D eigenvalue weighted by molar-refractivity contribution is -0.125. The largest absolute Gasteiger partial charge is 0.338 e. The van der Waals surface area contributed by atoms with Gasteiger partial charge in [0.1, 0.15) is 11.6 Å². The first-order valence-corrected chi connectivity index (χ1v) is 7.38. The minimum atomic E-state index is -0.413. The fourth-order valence-corrected chi connectivity index (χ4v) is 2.27. The van der Waals surface area contributed by atoms with Crippen LogP contribution in [-0.2, 0) is 11.3 Å². The molecule has 5 heteroatoms. The molecule has 22 heavy (non-hydrogen) atoms. The summed E-state index contributed by atoms with van der Waals surface area (Å²) >= 11 is 3.25. The molecular formula is C17H14BrF2NO. The van der Waals surface area contributed by atoms with Crippen molar-refractivity contribution in [2.24, 2.45) is 0 Å². The third-order valence-corrected chi connectivity index (χ3v) is 3.60. The predicted octanol–water partition coefficient (Wildman–Crippen LogP) is 4.40. The van der Waals surface area contributed by atoms with Gasteiger partial charge in [-0.25, -0.2) is 8.78 Å². The molecule has 2 rings (SSSR count). The van der Waals surface area contributed by atoms with Gasteiger partial charge in [0, 0.05) is 35.3 Å². The quantitative estimate of drug-likeness (QED) is 0.735. The summed E-state index contributed by atoms with van der Waals surface area (Å²) in [4.78, 5) is 13.4. The van der Waals surface area contributed by atoms with Crippen LogP contribution >= 0.6 is 15.9 Å². The van der Waals surface area contributed by atoms with E-state index in [2.05, 4.69) is 15.9 Å². The summed E-state index contributed by atoms with van der Waals surface area (Å²) in [6.45, 7) is 0.150. The van der Waals surface area contributed by atoms with Crippen molar-refractivity contribution in [3.05, 3.63) is 75.8 Å². The Bertz CT molecular complexity index is 716. The summed E-state index contributed by atoms with van der Waals surface area (Å²) in [5.41, 5.74) is 0.738. The molecule has 0 aliphatic rings. The zero-order valence-corrected chi connectivity index (χ0v) is 13.5. The molecule has 0 aromatic heterocycles.